The van der Waals surface area contributed by atoms with E-state index in [1.54, 1.807) is 6.92 Å². The summed E-state index contributed by atoms with van der Waals surface area (Å²) in [6, 6.07) is 9.33. The number of nitrogens with one attached hydrogen (secondary N) is 1. The third kappa shape index (κ3) is 4.40. The summed E-state index contributed by atoms with van der Waals surface area (Å²) in [5.74, 6) is -0.252. The molecule has 0 radical (unpaired) electrons. The lowest BCUT2D eigenvalue weighted by molar-refractivity contribution is -0.140. The van der Waals surface area contributed by atoms with E-state index in [4.69, 9.17) is 4.74 Å². The molecule has 158 valence electrons. The summed E-state index contributed by atoms with van der Waals surface area (Å²) in [6.07, 6.45) is -2.75. The number of benzene rings is 2. The molecular formula is C21H20F4N3OP. The predicted molar refractivity (Wildman–Crippen MR) is 110 cm³/mol. The molecule has 4 rings (SSSR count). The van der Waals surface area contributed by atoms with Crippen LogP contribution in [0.15, 0.2) is 36.4 Å². The van der Waals surface area contributed by atoms with Crippen molar-refractivity contribution >= 4 is 29.9 Å². The van der Waals surface area contributed by atoms with Gasteiger partial charge < -0.3 is 10.1 Å². The van der Waals surface area contributed by atoms with Gasteiger partial charge in [0, 0.05) is 17.5 Å². The van der Waals surface area contributed by atoms with Gasteiger partial charge in [0.05, 0.1) is 24.3 Å². The van der Waals surface area contributed by atoms with Crippen LogP contribution in [0.4, 0.5) is 23.4 Å². The van der Waals surface area contributed by atoms with Crippen molar-refractivity contribution in [1.29, 1.82) is 0 Å². The molecule has 9 heteroatoms. The van der Waals surface area contributed by atoms with E-state index < -0.39 is 17.6 Å². The summed E-state index contributed by atoms with van der Waals surface area (Å²) >= 11 is 0. The van der Waals surface area contributed by atoms with Crippen LogP contribution in [-0.4, -0.2) is 35.5 Å². The van der Waals surface area contributed by atoms with E-state index in [9.17, 15) is 17.6 Å². The average Bonchev–Trinajstić information content (AvgIpc) is 2.72. The van der Waals surface area contributed by atoms with Crippen molar-refractivity contribution in [2.24, 2.45) is 0 Å². The first-order valence-electron chi connectivity index (χ1n) is 9.52. The maximum absolute atomic E-state index is 14.4. The Morgan fingerprint density at radius 2 is 1.87 bits per heavy atom. The van der Waals surface area contributed by atoms with Crippen LogP contribution in [0.5, 0.6) is 0 Å². The SMILES string of the molecule is Cc1nc(NCc2cccc(C(F)(F)F)c2F)c2cc(P3CCOCC3)ccc2n1. The van der Waals surface area contributed by atoms with E-state index in [1.807, 2.05) is 12.1 Å². The zero-order valence-electron chi connectivity index (χ0n) is 16.3. The van der Waals surface area contributed by atoms with Crippen LogP contribution in [-0.2, 0) is 17.5 Å². The molecule has 0 atom stereocenters. The summed E-state index contributed by atoms with van der Waals surface area (Å²) in [7, 11) is -0.329. The third-order valence-corrected chi connectivity index (χ3v) is 7.45. The molecule has 2 heterocycles. The number of hydrogen-bond acceptors (Lipinski definition) is 4. The van der Waals surface area contributed by atoms with Crippen molar-refractivity contribution in [3.8, 4) is 0 Å². The normalized spacial score (nSPS) is 15.5. The van der Waals surface area contributed by atoms with Crippen molar-refractivity contribution in [3.63, 3.8) is 0 Å². The first-order valence-corrected chi connectivity index (χ1v) is 11.2. The van der Waals surface area contributed by atoms with Gasteiger partial charge in [-0.05, 0) is 42.8 Å². The lowest BCUT2D eigenvalue weighted by Gasteiger charge is -2.23. The number of hydrogen-bond donors (Lipinski definition) is 1. The van der Waals surface area contributed by atoms with E-state index >= 15 is 0 Å². The maximum atomic E-state index is 14.4. The lowest BCUT2D eigenvalue weighted by atomic mass is 10.1. The summed E-state index contributed by atoms with van der Waals surface area (Å²) in [5, 5.41) is 5.01. The second kappa shape index (κ2) is 8.44. The van der Waals surface area contributed by atoms with E-state index in [2.05, 4.69) is 21.4 Å². The van der Waals surface area contributed by atoms with E-state index in [1.165, 1.54) is 17.4 Å². The maximum Gasteiger partial charge on any atom is 0.419 e. The fourth-order valence-electron chi connectivity index (χ4n) is 3.50. The smallest absolute Gasteiger partial charge is 0.381 e. The molecule has 0 saturated carbocycles. The van der Waals surface area contributed by atoms with E-state index in [0.717, 1.165) is 42.5 Å². The summed E-state index contributed by atoms with van der Waals surface area (Å²) in [5.41, 5.74) is -0.601. The van der Waals surface area contributed by atoms with Gasteiger partial charge >= 0.3 is 6.18 Å². The van der Waals surface area contributed by atoms with Gasteiger partial charge in [0.1, 0.15) is 17.5 Å². The molecule has 0 spiro atoms. The quantitative estimate of drug-likeness (QED) is 0.469. The minimum Gasteiger partial charge on any atom is -0.381 e. The predicted octanol–water partition coefficient (Wildman–Crippen LogP) is 4.85. The highest BCUT2D eigenvalue weighted by Gasteiger charge is 2.34. The number of halogens is 4. The lowest BCUT2D eigenvalue weighted by Crippen LogP contribution is -2.19. The van der Waals surface area contributed by atoms with Crippen LogP contribution >= 0.6 is 7.92 Å². The van der Waals surface area contributed by atoms with Crippen LogP contribution in [0.2, 0.25) is 0 Å². The van der Waals surface area contributed by atoms with Gasteiger partial charge in [0.15, 0.2) is 0 Å². The Morgan fingerprint density at radius 3 is 2.60 bits per heavy atom. The summed E-state index contributed by atoms with van der Waals surface area (Å²) in [6.45, 7) is 3.11. The Labute approximate surface area is 172 Å². The number of aromatic nitrogens is 2. The van der Waals surface area contributed by atoms with Crippen molar-refractivity contribution in [1.82, 2.24) is 9.97 Å². The van der Waals surface area contributed by atoms with Crippen molar-refractivity contribution in [2.75, 3.05) is 30.9 Å². The third-order valence-electron chi connectivity index (χ3n) is 5.00. The summed E-state index contributed by atoms with van der Waals surface area (Å²) < 4.78 is 58.8. The highest BCUT2D eigenvalue weighted by Crippen LogP contribution is 2.37. The van der Waals surface area contributed by atoms with Crippen molar-refractivity contribution in [3.05, 3.63) is 59.2 Å². The minimum atomic E-state index is -4.74. The first-order chi connectivity index (χ1) is 14.3. The van der Waals surface area contributed by atoms with Crippen molar-refractivity contribution < 1.29 is 22.3 Å². The number of anilines is 1. The largest absolute Gasteiger partial charge is 0.419 e. The number of alkyl halides is 3. The Kier molecular flexibility index (Phi) is 5.89. The molecule has 1 aliphatic heterocycles. The molecular weight excluding hydrogens is 417 g/mol. The van der Waals surface area contributed by atoms with Gasteiger partial charge in [-0.15, -0.1) is 0 Å². The number of ether oxygens (including phenoxy) is 1. The number of fused-ring (bicyclic) bond motifs is 1. The van der Waals surface area contributed by atoms with Gasteiger partial charge in [-0.25, -0.2) is 14.4 Å². The van der Waals surface area contributed by atoms with E-state index in [0.29, 0.717) is 11.6 Å². The average molecular weight is 437 g/mol. The molecule has 2 aromatic carbocycles. The van der Waals surface area contributed by atoms with Crippen molar-refractivity contribution in [2.45, 2.75) is 19.6 Å². The fourth-order valence-corrected chi connectivity index (χ4v) is 5.54. The van der Waals surface area contributed by atoms with Crippen LogP contribution in [0, 0.1) is 12.7 Å². The molecule has 1 saturated heterocycles. The van der Waals surface area contributed by atoms with Gasteiger partial charge in [-0.2, -0.15) is 13.2 Å². The Balaban J connectivity index is 1.65. The summed E-state index contributed by atoms with van der Waals surface area (Å²) in [4.78, 5) is 8.87. The molecule has 0 amide bonds. The zero-order chi connectivity index (χ0) is 21.3. The zero-order valence-corrected chi connectivity index (χ0v) is 17.2. The van der Waals surface area contributed by atoms with Gasteiger partial charge in [0.2, 0.25) is 0 Å². The molecule has 4 nitrogen and oxygen atoms in total. The Hall–Kier alpha value is -2.31. The molecule has 30 heavy (non-hydrogen) atoms. The second-order valence-electron chi connectivity index (χ2n) is 7.05. The van der Waals surface area contributed by atoms with Gasteiger partial charge in [-0.1, -0.05) is 26.1 Å². The Morgan fingerprint density at radius 1 is 1.10 bits per heavy atom. The highest BCUT2D eigenvalue weighted by molar-refractivity contribution is 7.65. The highest BCUT2D eigenvalue weighted by atomic mass is 31.1. The van der Waals surface area contributed by atoms with E-state index in [-0.39, 0.29) is 20.0 Å². The number of rotatable bonds is 4. The molecule has 1 aliphatic rings. The minimum absolute atomic E-state index is 0.0702. The van der Waals surface area contributed by atoms with Crippen LogP contribution in [0.3, 0.4) is 0 Å². The molecule has 1 N–H and O–H groups in total. The van der Waals surface area contributed by atoms with Crippen LogP contribution < -0.4 is 10.6 Å². The van der Waals surface area contributed by atoms with Crippen LogP contribution in [0.25, 0.3) is 10.9 Å². The molecule has 1 fully saturated rings. The molecule has 0 unspecified atom stereocenters. The topological polar surface area (TPSA) is 47.0 Å². The molecule has 3 aromatic rings. The van der Waals surface area contributed by atoms with Crippen LogP contribution in [0.1, 0.15) is 17.0 Å². The van der Waals surface area contributed by atoms with Gasteiger partial charge in [-0.3, -0.25) is 0 Å². The first kappa shape index (κ1) is 20.9. The van der Waals surface area contributed by atoms with Gasteiger partial charge in [0.25, 0.3) is 0 Å². The number of aryl methyl sites for hydroxylation is 1. The number of nitrogens with zero attached hydrogens (tertiary/aromatic N) is 2. The molecule has 0 aliphatic carbocycles. The Bertz CT molecular complexity index is 1070. The monoisotopic (exact) mass is 437 g/mol. The molecule has 1 aromatic heterocycles. The standard InChI is InChI=1S/C21H20F4N3OP/c1-13-27-18-6-5-15(30-9-7-29-8-10-30)11-16(18)20(28-13)26-12-14-3-2-4-17(19(14)22)21(23,24)25/h2-6,11H,7-10,12H2,1H3,(H,26,27,28). The molecule has 0 bridgehead atoms. The second-order valence-corrected chi connectivity index (χ2v) is 9.54. The fraction of sp³-hybridized carbons (Fsp3) is 0.333.